The molecule has 0 saturated carbocycles. The predicted molar refractivity (Wildman–Crippen MR) is 132 cm³/mol. The Hall–Kier alpha value is -3.05. The highest BCUT2D eigenvalue weighted by Crippen LogP contribution is 2.35. The summed E-state index contributed by atoms with van der Waals surface area (Å²) >= 11 is 13.8. The average molecular weight is 513 g/mol. The molecule has 0 bridgehead atoms. The maximum atomic E-state index is 11.8. The number of para-hydroxylation sites is 1. The molecule has 0 aliphatic heterocycles. The van der Waals surface area contributed by atoms with Crippen LogP contribution in [-0.4, -0.2) is 66.6 Å². The standard InChI is InChI=1S/C22H18Cl2N8OS/c1-30(2)7-8-32-22(27-28-29-32)34-21-20(25-17-9-15(23)16(24)10-18(17)26-21)31-11-13(12-33)14-5-3-4-6-19(14)31/h3-6,9-12H,7-8H2,1-2H3. The number of hydrogen-bond acceptors (Lipinski definition) is 8. The van der Waals surface area contributed by atoms with Gasteiger partial charge in [-0.25, -0.2) is 14.6 Å². The van der Waals surface area contributed by atoms with Crippen LogP contribution < -0.4 is 0 Å². The summed E-state index contributed by atoms with van der Waals surface area (Å²) in [5, 5.41) is 14.9. The van der Waals surface area contributed by atoms with Crippen molar-refractivity contribution >= 4 is 63.2 Å². The van der Waals surface area contributed by atoms with E-state index in [9.17, 15) is 4.79 Å². The molecule has 172 valence electrons. The first-order valence-electron chi connectivity index (χ1n) is 10.3. The first-order valence-corrected chi connectivity index (χ1v) is 11.8. The van der Waals surface area contributed by atoms with Gasteiger partial charge < -0.3 is 4.90 Å². The van der Waals surface area contributed by atoms with Gasteiger partial charge in [-0.2, -0.15) is 0 Å². The van der Waals surface area contributed by atoms with Crippen LogP contribution in [0, 0.1) is 0 Å². The van der Waals surface area contributed by atoms with E-state index in [1.807, 2.05) is 42.9 Å². The minimum atomic E-state index is 0.383. The van der Waals surface area contributed by atoms with E-state index in [2.05, 4.69) is 20.4 Å². The van der Waals surface area contributed by atoms with Crippen molar-refractivity contribution in [3.63, 3.8) is 0 Å². The van der Waals surface area contributed by atoms with Crippen LogP contribution in [0.15, 0.2) is 52.8 Å². The Morgan fingerprint density at radius 3 is 2.56 bits per heavy atom. The number of halogens is 2. The molecule has 12 heteroatoms. The average Bonchev–Trinajstić information content (AvgIpc) is 3.42. The van der Waals surface area contributed by atoms with Crippen molar-refractivity contribution in [2.75, 3.05) is 20.6 Å². The van der Waals surface area contributed by atoms with Crippen molar-refractivity contribution in [1.29, 1.82) is 0 Å². The van der Waals surface area contributed by atoms with Crippen molar-refractivity contribution in [1.82, 2.24) is 39.6 Å². The number of aldehydes is 1. The van der Waals surface area contributed by atoms with Gasteiger partial charge in [0.15, 0.2) is 12.1 Å². The van der Waals surface area contributed by atoms with Gasteiger partial charge in [0.25, 0.3) is 0 Å². The first-order chi connectivity index (χ1) is 16.4. The zero-order valence-corrected chi connectivity index (χ0v) is 20.5. The van der Waals surface area contributed by atoms with E-state index in [1.54, 1.807) is 23.0 Å². The maximum absolute atomic E-state index is 11.8. The summed E-state index contributed by atoms with van der Waals surface area (Å²) in [4.78, 5) is 23.5. The molecular weight excluding hydrogens is 495 g/mol. The lowest BCUT2D eigenvalue weighted by atomic mass is 10.2. The van der Waals surface area contributed by atoms with E-state index < -0.39 is 0 Å². The fraction of sp³-hybridized carbons (Fsp3) is 0.182. The molecule has 0 saturated heterocycles. The Labute approximate surface area is 208 Å². The quantitative estimate of drug-likeness (QED) is 0.296. The van der Waals surface area contributed by atoms with Gasteiger partial charge in [-0.1, -0.05) is 41.4 Å². The highest BCUT2D eigenvalue weighted by Gasteiger charge is 2.20. The number of rotatable bonds is 7. The molecule has 0 spiro atoms. The van der Waals surface area contributed by atoms with Crippen LogP contribution in [0.2, 0.25) is 10.0 Å². The van der Waals surface area contributed by atoms with E-state index in [-0.39, 0.29) is 0 Å². The number of carbonyl (C=O) groups excluding carboxylic acids is 1. The molecule has 0 aliphatic carbocycles. The number of likely N-dealkylation sites (N-methyl/N-ethyl adjacent to an activating group) is 1. The Bertz CT molecular complexity index is 1530. The molecule has 0 atom stereocenters. The summed E-state index contributed by atoms with van der Waals surface area (Å²) < 4.78 is 3.57. The minimum absolute atomic E-state index is 0.383. The van der Waals surface area contributed by atoms with Gasteiger partial charge in [-0.3, -0.25) is 9.36 Å². The van der Waals surface area contributed by atoms with Crippen LogP contribution in [0.25, 0.3) is 27.8 Å². The fourth-order valence-corrected chi connectivity index (χ4v) is 4.70. The number of tetrazole rings is 1. The highest BCUT2D eigenvalue weighted by molar-refractivity contribution is 7.99. The molecule has 3 aromatic heterocycles. The zero-order valence-electron chi connectivity index (χ0n) is 18.2. The molecule has 0 N–H and O–H groups in total. The van der Waals surface area contributed by atoms with Crippen LogP contribution in [-0.2, 0) is 6.54 Å². The molecule has 0 fully saturated rings. The fourth-order valence-electron chi connectivity index (χ4n) is 3.52. The lowest BCUT2D eigenvalue weighted by Gasteiger charge is -2.13. The normalized spacial score (nSPS) is 11.7. The lowest BCUT2D eigenvalue weighted by molar-refractivity contribution is 0.112. The summed E-state index contributed by atoms with van der Waals surface area (Å²) in [5.41, 5.74) is 2.54. The lowest BCUT2D eigenvalue weighted by Crippen LogP contribution is -2.19. The van der Waals surface area contributed by atoms with Gasteiger partial charge in [0.1, 0.15) is 5.03 Å². The molecule has 0 aliphatic rings. The molecule has 34 heavy (non-hydrogen) atoms. The summed E-state index contributed by atoms with van der Waals surface area (Å²) in [6.45, 7) is 1.38. The van der Waals surface area contributed by atoms with Gasteiger partial charge in [0, 0.05) is 23.7 Å². The third kappa shape index (κ3) is 4.25. The largest absolute Gasteiger partial charge is 0.308 e. The van der Waals surface area contributed by atoms with E-state index in [4.69, 9.17) is 33.2 Å². The van der Waals surface area contributed by atoms with Crippen LogP contribution >= 0.6 is 35.0 Å². The topological polar surface area (TPSA) is 94.6 Å². The summed E-state index contributed by atoms with van der Waals surface area (Å²) in [6, 6.07) is 11.0. The SMILES string of the molecule is CN(C)CCn1nnnc1Sc1nc2cc(Cl)c(Cl)cc2nc1-n1cc(C=O)c2ccccc21. The van der Waals surface area contributed by atoms with Crippen LogP contribution in [0.5, 0.6) is 0 Å². The molecule has 0 unspecified atom stereocenters. The van der Waals surface area contributed by atoms with E-state index in [1.165, 1.54) is 11.8 Å². The second-order valence-electron chi connectivity index (χ2n) is 7.79. The van der Waals surface area contributed by atoms with Gasteiger partial charge in [0.2, 0.25) is 5.16 Å². The van der Waals surface area contributed by atoms with Gasteiger partial charge in [-0.05, 0) is 54.5 Å². The van der Waals surface area contributed by atoms with Gasteiger partial charge >= 0.3 is 0 Å². The second-order valence-corrected chi connectivity index (χ2v) is 9.56. The number of aromatic nitrogens is 7. The van der Waals surface area contributed by atoms with Crippen LogP contribution in [0.4, 0.5) is 0 Å². The van der Waals surface area contributed by atoms with Gasteiger partial charge in [0.05, 0.1) is 33.1 Å². The Morgan fingerprint density at radius 2 is 1.82 bits per heavy atom. The molecule has 5 rings (SSSR count). The van der Waals surface area contributed by atoms with Gasteiger partial charge in [-0.15, -0.1) is 5.10 Å². The monoisotopic (exact) mass is 512 g/mol. The molecule has 2 aromatic carbocycles. The van der Waals surface area contributed by atoms with Crippen molar-refractivity contribution in [3.8, 4) is 5.82 Å². The third-order valence-electron chi connectivity index (χ3n) is 5.20. The number of carbonyl (C=O) groups is 1. The Kier molecular flexibility index (Phi) is 6.22. The van der Waals surface area contributed by atoms with Crippen molar-refractivity contribution in [3.05, 3.63) is 58.2 Å². The van der Waals surface area contributed by atoms with Crippen molar-refractivity contribution in [2.45, 2.75) is 16.7 Å². The molecule has 0 amide bonds. The summed E-state index contributed by atoms with van der Waals surface area (Å²) in [7, 11) is 3.97. The van der Waals surface area contributed by atoms with E-state index >= 15 is 0 Å². The van der Waals surface area contributed by atoms with Crippen LogP contribution in [0.3, 0.4) is 0 Å². The molecule has 0 radical (unpaired) electrons. The third-order valence-corrected chi connectivity index (χ3v) is 6.87. The molecular formula is C22H18Cl2N8OS. The summed E-state index contributed by atoms with van der Waals surface area (Å²) in [5.74, 6) is 0.530. The van der Waals surface area contributed by atoms with Crippen LogP contribution in [0.1, 0.15) is 10.4 Å². The molecule has 5 aromatic rings. The number of hydrogen-bond donors (Lipinski definition) is 0. The predicted octanol–water partition coefficient (Wildman–Crippen LogP) is 4.39. The maximum Gasteiger partial charge on any atom is 0.215 e. The Morgan fingerprint density at radius 1 is 1.09 bits per heavy atom. The van der Waals surface area contributed by atoms with E-state index in [0.29, 0.717) is 49.2 Å². The second kappa shape index (κ2) is 9.30. The number of benzene rings is 2. The first kappa shape index (κ1) is 22.7. The van der Waals surface area contributed by atoms with Crippen molar-refractivity contribution in [2.24, 2.45) is 0 Å². The zero-order chi connectivity index (χ0) is 23.8. The molecule has 3 heterocycles. The van der Waals surface area contributed by atoms with Crippen molar-refractivity contribution < 1.29 is 4.79 Å². The Balaban J connectivity index is 1.70. The molecule has 9 nitrogen and oxygen atoms in total. The smallest absolute Gasteiger partial charge is 0.215 e. The van der Waals surface area contributed by atoms with E-state index in [0.717, 1.165) is 23.7 Å². The highest BCUT2D eigenvalue weighted by atomic mass is 35.5. The summed E-state index contributed by atoms with van der Waals surface area (Å²) in [6.07, 6.45) is 2.59. The number of fused-ring (bicyclic) bond motifs is 2. The minimum Gasteiger partial charge on any atom is -0.308 e. The number of nitrogens with zero attached hydrogens (tertiary/aromatic N) is 8.